The zero-order valence-corrected chi connectivity index (χ0v) is 8.21. The van der Waals surface area contributed by atoms with Gasteiger partial charge in [-0.05, 0) is 18.7 Å². The molecule has 6 heteroatoms. The first-order valence-electron chi connectivity index (χ1n) is 4.50. The van der Waals surface area contributed by atoms with Crippen molar-refractivity contribution in [2.24, 2.45) is 5.73 Å². The molecule has 0 saturated heterocycles. The Hall–Kier alpha value is -1.56. The molecule has 0 saturated carbocycles. The van der Waals surface area contributed by atoms with Gasteiger partial charge in [0.2, 0.25) is 0 Å². The molecule has 3 N–H and O–H groups in total. The van der Waals surface area contributed by atoms with Crippen molar-refractivity contribution in [2.75, 3.05) is 6.54 Å². The van der Waals surface area contributed by atoms with Gasteiger partial charge < -0.3 is 10.8 Å². The van der Waals surface area contributed by atoms with Crippen molar-refractivity contribution in [3.63, 3.8) is 0 Å². The summed E-state index contributed by atoms with van der Waals surface area (Å²) >= 11 is 0. The van der Waals surface area contributed by atoms with E-state index in [-0.39, 0.29) is 13.0 Å². The number of aromatic hydroxyl groups is 1. The summed E-state index contributed by atoms with van der Waals surface area (Å²) in [5, 5.41) is 9.29. The second-order valence-corrected chi connectivity index (χ2v) is 3.16. The molecular formula is C10H10F3NO2. The van der Waals surface area contributed by atoms with Gasteiger partial charge in [-0.25, -0.2) is 0 Å². The van der Waals surface area contributed by atoms with Crippen LogP contribution < -0.4 is 5.73 Å². The molecule has 0 atom stereocenters. The van der Waals surface area contributed by atoms with Gasteiger partial charge in [0.1, 0.15) is 5.75 Å². The Bertz CT molecular complexity index is 402. The maximum absolute atomic E-state index is 12.5. The fraction of sp³-hybridized carbons (Fsp3) is 0.300. The lowest BCUT2D eigenvalue weighted by molar-refractivity contribution is -0.138. The minimum Gasteiger partial charge on any atom is -0.507 e. The van der Waals surface area contributed by atoms with Crippen molar-refractivity contribution in [2.45, 2.75) is 12.6 Å². The molecule has 0 unspecified atom stereocenters. The van der Waals surface area contributed by atoms with E-state index in [2.05, 4.69) is 0 Å². The highest BCUT2D eigenvalue weighted by Gasteiger charge is 2.36. The first kappa shape index (κ1) is 12.5. The van der Waals surface area contributed by atoms with Crippen LogP contribution in [0.3, 0.4) is 0 Å². The lowest BCUT2D eigenvalue weighted by Crippen LogP contribution is -2.15. The van der Waals surface area contributed by atoms with Crippen molar-refractivity contribution in [3.8, 4) is 5.75 Å². The molecule has 16 heavy (non-hydrogen) atoms. The molecule has 0 aliphatic heterocycles. The Morgan fingerprint density at radius 3 is 2.50 bits per heavy atom. The van der Waals surface area contributed by atoms with Gasteiger partial charge in [-0.2, -0.15) is 13.2 Å². The van der Waals surface area contributed by atoms with E-state index < -0.39 is 28.8 Å². The molecule has 0 bridgehead atoms. The van der Waals surface area contributed by atoms with Gasteiger partial charge in [0.15, 0.2) is 5.78 Å². The van der Waals surface area contributed by atoms with Crippen LogP contribution >= 0.6 is 0 Å². The zero-order valence-electron chi connectivity index (χ0n) is 8.21. The number of hydrogen-bond acceptors (Lipinski definition) is 3. The van der Waals surface area contributed by atoms with Gasteiger partial charge in [-0.3, -0.25) is 4.79 Å². The smallest absolute Gasteiger partial charge is 0.417 e. The van der Waals surface area contributed by atoms with Gasteiger partial charge in [-0.1, -0.05) is 6.07 Å². The predicted molar refractivity (Wildman–Crippen MR) is 51.1 cm³/mol. The number of rotatable bonds is 3. The maximum atomic E-state index is 12.5. The molecule has 88 valence electrons. The number of phenolic OH excluding ortho intramolecular Hbond substituents is 1. The Kier molecular flexibility index (Phi) is 3.54. The van der Waals surface area contributed by atoms with E-state index in [1.807, 2.05) is 0 Å². The third kappa shape index (κ3) is 2.52. The summed E-state index contributed by atoms with van der Waals surface area (Å²) in [6, 6.07) is 2.83. The normalized spacial score (nSPS) is 11.5. The third-order valence-electron chi connectivity index (χ3n) is 2.00. The highest BCUT2D eigenvalue weighted by Crippen LogP contribution is 2.36. The number of carbonyl (C=O) groups is 1. The number of carbonyl (C=O) groups excluding carboxylic acids is 1. The molecule has 0 heterocycles. The van der Waals surface area contributed by atoms with Crippen LogP contribution in [-0.2, 0) is 6.18 Å². The maximum Gasteiger partial charge on any atom is 0.417 e. The van der Waals surface area contributed by atoms with Crippen molar-refractivity contribution < 1.29 is 23.1 Å². The van der Waals surface area contributed by atoms with E-state index in [0.29, 0.717) is 0 Å². The Labute approximate surface area is 89.7 Å². The zero-order chi connectivity index (χ0) is 12.3. The minimum absolute atomic E-state index is 0.0650. The Balaban J connectivity index is 3.30. The molecule has 0 aromatic heterocycles. The molecule has 0 aliphatic carbocycles. The van der Waals surface area contributed by atoms with Gasteiger partial charge in [-0.15, -0.1) is 0 Å². The van der Waals surface area contributed by atoms with Crippen LogP contribution in [0.25, 0.3) is 0 Å². The number of nitrogens with two attached hydrogens (primary N) is 1. The van der Waals surface area contributed by atoms with Crippen LogP contribution in [0.15, 0.2) is 18.2 Å². The van der Waals surface area contributed by atoms with Crippen molar-refractivity contribution in [1.82, 2.24) is 0 Å². The van der Waals surface area contributed by atoms with E-state index in [1.165, 1.54) is 0 Å². The van der Waals surface area contributed by atoms with Crippen molar-refractivity contribution in [3.05, 3.63) is 29.3 Å². The number of halogens is 3. The molecule has 0 spiro atoms. The molecule has 1 aromatic carbocycles. The predicted octanol–water partition coefficient (Wildman–Crippen LogP) is 1.94. The number of alkyl halides is 3. The number of benzene rings is 1. The fourth-order valence-corrected chi connectivity index (χ4v) is 1.33. The molecule has 1 rings (SSSR count). The Morgan fingerprint density at radius 1 is 1.38 bits per heavy atom. The highest BCUT2D eigenvalue weighted by molar-refractivity contribution is 6.00. The van der Waals surface area contributed by atoms with Gasteiger partial charge in [0, 0.05) is 6.42 Å². The quantitative estimate of drug-likeness (QED) is 0.784. The standard InChI is InChI=1S/C10H10F3NO2/c11-10(12,13)6-2-1-3-7(15)9(6)8(16)4-5-14/h1-3,15H,4-5,14H2. The number of phenols is 1. The summed E-state index contributed by atoms with van der Waals surface area (Å²) < 4.78 is 37.6. The molecule has 3 nitrogen and oxygen atoms in total. The van der Waals surface area contributed by atoms with Crippen LogP contribution in [-0.4, -0.2) is 17.4 Å². The largest absolute Gasteiger partial charge is 0.507 e. The summed E-state index contributed by atoms with van der Waals surface area (Å²) in [4.78, 5) is 11.4. The van der Waals surface area contributed by atoms with Gasteiger partial charge >= 0.3 is 6.18 Å². The third-order valence-corrected chi connectivity index (χ3v) is 2.00. The van der Waals surface area contributed by atoms with E-state index in [9.17, 15) is 23.1 Å². The van der Waals surface area contributed by atoms with Gasteiger partial charge in [0.25, 0.3) is 0 Å². The Morgan fingerprint density at radius 2 is 2.00 bits per heavy atom. The lowest BCUT2D eigenvalue weighted by Gasteiger charge is -2.12. The highest BCUT2D eigenvalue weighted by atomic mass is 19.4. The summed E-state index contributed by atoms with van der Waals surface area (Å²) in [5.74, 6) is -1.48. The molecule has 0 radical (unpaired) electrons. The summed E-state index contributed by atoms with van der Waals surface area (Å²) in [7, 11) is 0. The van der Waals surface area contributed by atoms with E-state index >= 15 is 0 Å². The van der Waals surface area contributed by atoms with Crippen LogP contribution in [0, 0.1) is 0 Å². The van der Waals surface area contributed by atoms with E-state index in [0.717, 1.165) is 18.2 Å². The first-order chi connectivity index (χ1) is 7.38. The van der Waals surface area contributed by atoms with Crippen LogP contribution in [0.1, 0.15) is 22.3 Å². The minimum atomic E-state index is -4.67. The van der Waals surface area contributed by atoms with Crippen LogP contribution in [0.2, 0.25) is 0 Å². The number of hydrogen-bond donors (Lipinski definition) is 2. The molecular weight excluding hydrogens is 223 g/mol. The fourth-order valence-electron chi connectivity index (χ4n) is 1.33. The molecule has 0 amide bonds. The summed E-state index contributed by atoms with van der Waals surface area (Å²) in [6.45, 7) is -0.0650. The topological polar surface area (TPSA) is 63.3 Å². The molecule has 0 fully saturated rings. The average Bonchev–Trinajstić information content (AvgIpc) is 2.16. The van der Waals surface area contributed by atoms with Crippen LogP contribution in [0.5, 0.6) is 5.75 Å². The average molecular weight is 233 g/mol. The second-order valence-electron chi connectivity index (χ2n) is 3.16. The van der Waals surface area contributed by atoms with Crippen molar-refractivity contribution >= 4 is 5.78 Å². The monoisotopic (exact) mass is 233 g/mol. The molecule has 1 aromatic rings. The van der Waals surface area contributed by atoms with E-state index in [4.69, 9.17) is 5.73 Å². The number of Topliss-reactive ketones (excluding diaryl/α,β-unsaturated/α-hetero) is 1. The molecule has 0 aliphatic rings. The second kappa shape index (κ2) is 4.52. The van der Waals surface area contributed by atoms with Crippen LogP contribution in [0.4, 0.5) is 13.2 Å². The SMILES string of the molecule is NCCC(=O)c1c(O)cccc1C(F)(F)F. The van der Waals surface area contributed by atoms with Crippen molar-refractivity contribution in [1.29, 1.82) is 0 Å². The lowest BCUT2D eigenvalue weighted by atomic mass is 10.00. The summed E-state index contributed by atoms with van der Waals surface area (Å²) in [5.41, 5.74) is 3.25. The van der Waals surface area contributed by atoms with E-state index in [1.54, 1.807) is 0 Å². The first-order valence-corrected chi connectivity index (χ1v) is 4.50. The van der Waals surface area contributed by atoms with Gasteiger partial charge in [0.05, 0.1) is 11.1 Å². The summed E-state index contributed by atoms with van der Waals surface area (Å²) in [6.07, 6.45) is -4.90. The number of ketones is 1.